The third-order valence-corrected chi connectivity index (χ3v) is 12.8. The van der Waals surface area contributed by atoms with E-state index in [0.717, 1.165) is 96.3 Å². The molecule has 0 N–H and O–H groups in total. The van der Waals surface area contributed by atoms with Gasteiger partial charge in [0, 0.05) is 114 Å². The van der Waals surface area contributed by atoms with Crippen LogP contribution >= 0.6 is 0 Å². The number of carbonyl (C=O) groups excluding carboxylic acids is 2. The predicted octanol–water partition coefficient (Wildman–Crippen LogP) is 7.60. The minimum absolute atomic E-state index is 0.180. The summed E-state index contributed by atoms with van der Waals surface area (Å²) < 4.78 is 0. The van der Waals surface area contributed by atoms with Gasteiger partial charge >= 0.3 is 0 Å². The molecule has 2 heterocycles. The first kappa shape index (κ1) is 40.8. The summed E-state index contributed by atoms with van der Waals surface area (Å²) >= 11 is 0. The van der Waals surface area contributed by atoms with Crippen LogP contribution in [0.4, 0.5) is 11.4 Å². The molecule has 0 atom stereocenters. The Morgan fingerprint density at radius 1 is 0.491 bits per heavy atom. The molecule has 8 nitrogen and oxygen atoms in total. The average Bonchev–Trinajstić information content (AvgIpc) is 4.23. The van der Waals surface area contributed by atoms with Crippen molar-refractivity contribution < 1.29 is 9.59 Å². The van der Waals surface area contributed by atoms with Crippen molar-refractivity contribution in [3.63, 3.8) is 0 Å². The molecular weight excluding hydrogens is 705 g/mol. The SMILES string of the molecule is CCC(=O)N(CC1(N2CCN(CCc3ccccc3)CC2)CC1)c1ccccc1.CCC(=O)N(CC1(N2CCN(Cc3ccccc3)CC2)CC1)c1ccccc1. The molecule has 4 aromatic rings. The smallest absolute Gasteiger partial charge is 0.226 e. The van der Waals surface area contributed by atoms with Crippen LogP contribution in [0.3, 0.4) is 0 Å². The number of rotatable bonds is 15. The number of hydrogen-bond donors (Lipinski definition) is 0. The minimum atomic E-state index is 0.180. The summed E-state index contributed by atoms with van der Waals surface area (Å²) in [4.78, 5) is 39.8. The normalized spacial score (nSPS) is 19.2. The first-order valence-corrected chi connectivity index (χ1v) is 21.6. The van der Waals surface area contributed by atoms with Gasteiger partial charge in [-0.1, -0.05) is 111 Å². The van der Waals surface area contributed by atoms with Crippen LogP contribution < -0.4 is 9.80 Å². The van der Waals surface area contributed by atoms with Crippen molar-refractivity contribution in [3.05, 3.63) is 132 Å². The zero-order valence-corrected chi connectivity index (χ0v) is 34.5. The lowest BCUT2D eigenvalue weighted by Gasteiger charge is -2.41. The second kappa shape index (κ2) is 19.4. The fraction of sp³-hybridized carbons (Fsp3) is 0.469. The lowest BCUT2D eigenvalue weighted by molar-refractivity contribution is -0.119. The number of anilines is 2. The van der Waals surface area contributed by atoms with E-state index >= 15 is 0 Å². The summed E-state index contributed by atoms with van der Waals surface area (Å²) in [6, 6.07) is 41.9. The van der Waals surface area contributed by atoms with Crippen LogP contribution in [-0.2, 0) is 22.6 Å². The Morgan fingerprint density at radius 2 is 0.860 bits per heavy atom. The highest BCUT2D eigenvalue weighted by molar-refractivity contribution is 5.94. The van der Waals surface area contributed by atoms with Gasteiger partial charge in [0.05, 0.1) is 0 Å². The molecule has 4 aliphatic rings. The zero-order chi connectivity index (χ0) is 39.5. The van der Waals surface area contributed by atoms with Gasteiger partial charge < -0.3 is 14.7 Å². The molecule has 0 aromatic heterocycles. The molecule has 0 unspecified atom stereocenters. The molecule has 8 rings (SSSR count). The fourth-order valence-corrected chi connectivity index (χ4v) is 8.87. The van der Waals surface area contributed by atoms with Crippen molar-refractivity contribution in [1.82, 2.24) is 19.6 Å². The number of para-hydroxylation sites is 2. The monoisotopic (exact) mass is 769 g/mol. The molecule has 2 saturated carbocycles. The maximum absolute atomic E-state index is 12.7. The van der Waals surface area contributed by atoms with E-state index in [1.807, 2.05) is 60.0 Å². The molecule has 2 amide bonds. The molecule has 302 valence electrons. The van der Waals surface area contributed by atoms with Crippen LogP contribution in [-0.4, -0.2) is 114 Å². The molecular formula is C49H64N6O2. The molecule has 4 aromatic carbocycles. The van der Waals surface area contributed by atoms with Gasteiger partial charge in [0.2, 0.25) is 11.8 Å². The van der Waals surface area contributed by atoms with E-state index in [2.05, 4.69) is 105 Å². The molecule has 4 fully saturated rings. The largest absolute Gasteiger partial charge is 0.311 e. The molecule has 2 aliphatic carbocycles. The van der Waals surface area contributed by atoms with Gasteiger partial charge in [-0.3, -0.25) is 24.3 Å². The van der Waals surface area contributed by atoms with Gasteiger partial charge in [-0.25, -0.2) is 0 Å². The Labute approximate surface area is 342 Å². The van der Waals surface area contributed by atoms with Gasteiger partial charge in [0.1, 0.15) is 0 Å². The van der Waals surface area contributed by atoms with Crippen LogP contribution in [0.15, 0.2) is 121 Å². The molecule has 8 heteroatoms. The van der Waals surface area contributed by atoms with Crippen LogP contribution in [0.5, 0.6) is 0 Å². The van der Waals surface area contributed by atoms with E-state index < -0.39 is 0 Å². The van der Waals surface area contributed by atoms with E-state index in [-0.39, 0.29) is 22.9 Å². The van der Waals surface area contributed by atoms with Gasteiger partial charge in [-0.2, -0.15) is 0 Å². The van der Waals surface area contributed by atoms with E-state index in [1.54, 1.807) is 0 Å². The number of nitrogens with zero attached hydrogens (tertiary/aromatic N) is 6. The van der Waals surface area contributed by atoms with Gasteiger partial charge in [0.15, 0.2) is 0 Å². The summed E-state index contributed by atoms with van der Waals surface area (Å²) in [7, 11) is 0. The van der Waals surface area contributed by atoms with E-state index in [9.17, 15) is 9.59 Å². The number of carbonyl (C=O) groups is 2. The Hall–Kier alpha value is -4.34. The summed E-state index contributed by atoms with van der Waals surface area (Å²) in [5.41, 5.74) is 5.24. The molecule has 2 aliphatic heterocycles. The van der Waals surface area contributed by atoms with E-state index in [4.69, 9.17) is 0 Å². The van der Waals surface area contributed by atoms with Crippen molar-refractivity contribution in [2.45, 2.75) is 76.4 Å². The predicted molar refractivity (Wildman–Crippen MR) is 234 cm³/mol. The van der Waals surface area contributed by atoms with Crippen molar-refractivity contribution >= 4 is 23.2 Å². The number of amides is 2. The lowest BCUT2D eigenvalue weighted by atomic mass is 10.1. The standard InChI is InChI=1S/C25H33N3O.C24H31N3O/c1-2-24(29)28(23-11-7-4-8-12-23)21-25(14-15-25)27-19-17-26(18-20-27)16-13-22-9-5-3-6-10-22;1-2-23(28)27(22-11-7-4-8-12-22)20-24(13-14-24)26-17-15-25(16-18-26)19-21-9-5-3-6-10-21/h3-12H,2,13-21H2,1H3;3-12H,2,13-20H2,1H3. The summed E-state index contributed by atoms with van der Waals surface area (Å²) in [5, 5.41) is 0. The highest BCUT2D eigenvalue weighted by Crippen LogP contribution is 2.45. The number of hydrogen-bond acceptors (Lipinski definition) is 6. The third kappa shape index (κ3) is 10.8. The maximum atomic E-state index is 12.7. The first-order chi connectivity index (χ1) is 27.9. The number of benzene rings is 4. The summed E-state index contributed by atoms with van der Waals surface area (Å²) in [5.74, 6) is 0.448. The molecule has 57 heavy (non-hydrogen) atoms. The van der Waals surface area contributed by atoms with E-state index in [1.165, 1.54) is 36.8 Å². The highest BCUT2D eigenvalue weighted by atomic mass is 16.2. The summed E-state index contributed by atoms with van der Waals surface area (Å²) in [6.07, 6.45) is 7.04. The Morgan fingerprint density at radius 3 is 1.25 bits per heavy atom. The van der Waals surface area contributed by atoms with Crippen LogP contribution in [0.1, 0.15) is 63.5 Å². The highest BCUT2D eigenvalue weighted by Gasteiger charge is 2.51. The summed E-state index contributed by atoms with van der Waals surface area (Å²) in [6.45, 7) is 16.6. The zero-order valence-electron chi connectivity index (χ0n) is 34.5. The fourth-order valence-electron chi connectivity index (χ4n) is 8.87. The van der Waals surface area contributed by atoms with Crippen molar-refractivity contribution in [1.29, 1.82) is 0 Å². The Balaban J connectivity index is 0.000000174. The second-order valence-electron chi connectivity index (χ2n) is 16.6. The van der Waals surface area contributed by atoms with Gasteiger partial charge in [-0.05, 0) is 67.5 Å². The van der Waals surface area contributed by atoms with Crippen LogP contribution in [0.2, 0.25) is 0 Å². The topological polar surface area (TPSA) is 53.6 Å². The van der Waals surface area contributed by atoms with Gasteiger partial charge in [-0.15, -0.1) is 0 Å². The van der Waals surface area contributed by atoms with Gasteiger partial charge in [0.25, 0.3) is 0 Å². The average molecular weight is 769 g/mol. The lowest BCUT2D eigenvalue weighted by Crippen LogP contribution is -2.55. The van der Waals surface area contributed by atoms with Crippen LogP contribution in [0, 0.1) is 0 Å². The quantitative estimate of drug-likeness (QED) is 0.124. The Bertz CT molecular complexity index is 1820. The molecule has 2 saturated heterocycles. The Kier molecular flexibility index (Phi) is 13.9. The molecule has 0 radical (unpaired) electrons. The van der Waals surface area contributed by atoms with Crippen molar-refractivity contribution in [2.75, 3.05) is 81.8 Å². The van der Waals surface area contributed by atoms with Crippen molar-refractivity contribution in [2.24, 2.45) is 0 Å². The third-order valence-electron chi connectivity index (χ3n) is 12.8. The molecule has 0 spiro atoms. The van der Waals surface area contributed by atoms with Crippen molar-refractivity contribution in [3.8, 4) is 0 Å². The first-order valence-electron chi connectivity index (χ1n) is 21.6. The molecule has 0 bridgehead atoms. The number of piperazine rings is 2. The minimum Gasteiger partial charge on any atom is -0.311 e. The van der Waals surface area contributed by atoms with E-state index in [0.29, 0.717) is 12.8 Å². The maximum Gasteiger partial charge on any atom is 0.226 e. The second-order valence-corrected chi connectivity index (χ2v) is 16.6. The van der Waals surface area contributed by atoms with Crippen LogP contribution in [0.25, 0.3) is 0 Å².